The second-order valence-electron chi connectivity index (χ2n) is 6.51. The topological polar surface area (TPSA) is 37.4 Å². The number of ether oxygens (including phenoxy) is 1. The van der Waals surface area contributed by atoms with Gasteiger partial charge in [0.25, 0.3) is 0 Å². The molecule has 0 aliphatic heterocycles. The third-order valence-corrected chi connectivity index (χ3v) is 2.87. The Bertz CT molecular complexity index is 411. The number of aromatic nitrogens is 1. The van der Waals surface area contributed by atoms with E-state index >= 15 is 0 Å². The average molecular weight is 279 g/mol. The molecule has 4 nitrogen and oxygen atoms in total. The van der Waals surface area contributed by atoms with Crippen molar-refractivity contribution in [3.8, 4) is 5.75 Å². The third kappa shape index (κ3) is 6.87. The number of hydrogen-bond donors (Lipinski definition) is 1. The molecule has 0 spiro atoms. The summed E-state index contributed by atoms with van der Waals surface area (Å²) in [7, 11) is 4.15. The largest absolute Gasteiger partial charge is 0.492 e. The SMILES string of the molecule is Cc1ccc(OCCCN(C)C)c(CNC(C)(C)C)n1. The molecule has 1 aromatic rings. The fraction of sp³-hybridized carbons (Fsp3) is 0.688. The maximum absolute atomic E-state index is 5.88. The third-order valence-electron chi connectivity index (χ3n) is 2.87. The van der Waals surface area contributed by atoms with Crippen molar-refractivity contribution in [1.29, 1.82) is 0 Å². The van der Waals surface area contributed by atoms with E-state index in [-0.39, 0.29) is 5.54 Å². The average Bonchev–Trinajstić information content (AvgIpc) is 2.32. The molecule has 0 radical (unpaired) electrons. The van der Waals surface area contributed by atoms with Gasteiger partial charge in [0.05, 0.1) is 12.3 Å². The summed E-state index contributed by atoms with van der Waals surface area (Å²) in [6, 6.07) is 4.03. The van der Waals surface area contributed by atoms with E-state index in [9.17, 15) is 0 Å². The number of nitrogens with zero attached hydrogens (tertiary/aromatic N) is 2. The van der Waals surface area contributed by atoms with Gasteiger partial charge in [-0.15, -0.1) is 0 Å². The van der Waals surface area contributed by atoms with Gasteiger partial charge in [-0.2, -0.15) is 0 Å². The molecule has 0 aliphatic rings. The number of nitrogens with one attached hydrogen (secondary N) is 1. The normalized spacial score (nSPS) is 11.9. The zero-order valence-electron chi connectivity index (χ0n) is 13.8. The lowest BCUT2D eigenvalue weighted by atomic mass is 10.1. The molecule has 0 atom stereocenters. The summed E-state index contributed by atoms with van der Waals surface area (Å²) in [6.45, 7) is 11.0. The summed E-state index contributed by atoms with van der Waals surface area (Å²) >= 11 is 0. The highest BCUT2D eigenvalue weighted by Gasteiger charge is 2.12. The number of aryl methyl sites for hydroxylation is 1. The second-order valence-corrected chi connectivity index (χ2v) is 6.51. The molecule has 1 aromatic heterocycles. The van der Waals surface area contributed by atoms with Gasteiger partial charge in [-0.05, 0) is 60.3 Å². The molecular formula is C16H29N3O. The first-order valence-electron chi connectivity index (χ1n) is 7.27. The first-order chi connectivity index (χ1) is 9.28. The molecule has 1 heterocycles. The molecule has 0 bridgehead atoms. The molecule has 114 valence electrons. The van der Waals surface area contributed by atoms with Crippen molar-refractivity contribution < 1.29 is 4.74 Å². The Balaban J connectivity index is 2.60. The number of pyridine rings is 1. The molecule has 20 heavy (non-hydrogen) atoms. The van der Waals surface area contributed by atoms with Gasteiger partial charge in [-0.25, -0.2) is 0 Å². The summed E-state index contributed by atoms with van der Waals surface area (Å²) in [5.74, 6) is 0.895. The minimum Gasteiger partial charge on any atom is -0.492 e. The van der Waals surface area contributed by atoms with E-state index in [1.54, 1.807) is 0 Å². The fourth-order valence-electron chi connectivity index (χ4n) is 1.77. The van der Waals surface area contributed by atoms with E-state index in [1.165, 1.54) is 0 Å². The van der Waals surface area contributed by atoms with Gasteiger partial charge in [0.1, 0.15) is 5.75 Å². The van der Waals surface area contributed by atoms with Crippen LogP contribution in [0.1, 0.15) is 38.6 Å². The standard InChI is InChI=1S/C16H29N3O/c1-13-8-9-15(20-11-7-10-19(5)6)14(18-13)12-17-16(2,3)4/h8-9,17H,7,10-12H2,1-6H3. The Labute approximate surface area is 123 Å². The van der Waals surface area contributed by atoms with Crippen LogP contribution in [0.3, 0.4) is 0 Å². The van der Waals surface area contributed by atoms with Gasteiger partial charge >= 0.3 is 0 Å². The fourth-order valence-corrected chi connectivity index (χ4v) is 1.77. The highest BCUT2D eigenvalue weighted by Crippen LogP contribution is 2.18. The smallest absolute Gasteiger partial charge is 0.142 e. The van der Waals surface area contributed by atoms with E-state index in [2.05, 4.69) is 50.1 Å². The Hall–Kier alpha value is -1.13. The molecule has 0 aromatic carbocycles. The lowest BCUT2D eigenvalue weighted by Gasteiger charge is -2.21. The van der Waals surface area contributed by atoms with Crippen molar-refractivity contribution >= 4 is 0 Å². The van der Waals surface area contributed by atoms with E-state index < -0.39 is 0 Å². The molecule has 4 heteroatoms. The molecule has 0 saturated carbocycles. The highest BCUT2D eigenvalue weighted by molar-refractivity contribution is 5.29. The first kappa shape index (κ1) is 16.9. The minimum atomic E-state index is 0.0770. The Morgan fingerprint density at radius 1 is 1.25 bits per heavy atom. The molecule has 1 N–H and O–H groups in total. The Morgan fingerprint density at radius 3 is 2.55 bits per heavy atom. The lowest BCUT2D eigenvalue weighted by molar-refractivity contribution is 0.276. The number of rotatable bonds is 7. The van der Waals surface area contributed by atoms with Crippen molar-refractivity contribution in [2.24, 2.45) is 0 Å². The van der Waals surface area contributed by atoms with Gasteiger partial charge in [-0.3, -0.25) is 4.98 Å². The predicted molar refractivity (Wildman–Crippen MR) is 84.2 cm³/mol. The zero-order valence-corrected chi connectivity index (χ0v) is 13.8. The van der Waals surface area contributed by atoms with Crippen LogP contribution < -0.4 is 10.1 Å². The van der Waals surface area contributed by atoms with Crippen molar-refractivity contribution in [2.75, 3.05) is 27.2 Å². The highest BCUT2D eigenvalue weighted by atomic mass is 16.5. The van der Waals surface area contributed by atoms with Gasteiger partial charge in [0.15, 0.2) is 0 Å². The van der Waals surface area contributed by atoms with Crippen LogP contribution >= 0.6 is 0 Å². The van der Waals surface area contributed by atoms with E-state index in [4.69, 9.17) is 4.74 Å². The minimum absolute atomic E-state index is 0.0770. The molecule has 0 fully saturated rings. The lowest BCUT2D eigenvalue weighted by Crippen LogP contribution is -2.35. The van der Waals surface area contributed by atoms with Crippen LogP contribution in [0.2, 0.25) is 0 Å². The monoisotopic (exact) mass is 279 g/mol. The van der Waals surface area contributed by atoms with Gasteiger partial charge < -0.3 is 15.0 Å². The van der Waals surface area contributed by atoms with Crippen LogP contribution in [0.5, 0.6) is 5.75 Å². The molecule has 0 aliphatic carbocycles. The van der Waals surface area contributed by atoms with E-state index in [0.717, 1.165) is 43.3 Å². The van der Waals surface area contributed by atoms with Crippen molar-refractivity contribution in [1.82, 2.24) is 15.2 Å². The predicted octanol–water partition coefficient (Wildman–Crippen LogP) is 2.61. The summed E-state index contributed by atoms with van der Waals surface area (Å²) in [6.07, 6.45) is 1.02. The quantitative estimate of drug-likeness (QED) is 0.779. The van der Waals surface area contributed by atoms with Crippen LogP contribution in [0.15, 0.2) is 12.1 Å². The van der Waals surface area contributed by atoms with Gasteiger partial charge in [0.2, 0.25) is 0 Å². The van der Waals surface area contributed by atoms with Gasteiger partial charge in [-0.1, -0.05) is 0 Å². The molecule has 0 unspecified atom stereocenters. The van der Waals surface area contributed by atoms with Crippen molar-refractivity contribution in [3.63, 3.8) is 0 Å². The van der Waals surface area contributed by atoms with E-state index in [0.29, 0.717) is 0 Å². The Kier molecular flexibility index (Phi) is 6.43. The second kappa shape index (κ2) is 7.60. The molecule has 0 saturated heterocycles. The summed E-state index contributed by atoms with van der Waals surface area (Å²) in [5.41, 5.74) is 2.09. The molecule has 0 amide bonds. The van der Waals surface area contributed by atoms with Crippen molar-refractivity contribution in [2.45, 2.75) is 46.2 Å². The van der Waals surface area contributed by atoms with Crippen LogP contribution in [-0.4, -0.2) is 42.7 Å². The van der Waals surface area contributed by atoms with Crippen LogP contribution in [0.25, 0.3) is 0 Å². The van der Waals surface area contributed by atoms with Gasteiger partial charge in [0, 0.05) is 24.3 Å². The van der Waals surface area contributed by atoms with Crippen LogP contribution in [-0.2, 0) is 6.54 Å². The van der Waals surface area contributed by atoms with E-state index in [1.807, 2.05) is 19.1 Å². The molecule has 1 rings (SSSR count). The number of hydrogen-bond acceptors (Lipinski definition) is 4. The summed E-state index contributed by atoms with van der Waals surface area (Å²) in [4.78, 5) is 6.76. The maximum atomic E-state index is 5.88. The first-order valence-corrected chi connectivity index (χ1v) is 7.27. The summed E-state index contributed by atoms with van der Waals surface area (Å²) < 4.78 is 5.88. The summed E-state index contributed by atoms with van der Waals surface area (Å²) in [5, 5.41) is 3.46. The Morgan fingerprint density at radius 2 is 1.95 bits per heavy atom. The maximum Gasteiger partial charge on any atom is 0.142 e. The van der Waals surface area contributed by atoms with Crippen molar-refractivity contribution in [3.05, 3.63) is 23.5 Å². The van der Waals surface area contributed by atoms with Crippen LogP contribution in [0, 0.1) is 6.92 Å². The molecular weight excluding hydrogens is 250 g/mol. The van der Waals surface area contributed by atoms with Crippen LogP contribution in [0.4, 0.5) is 0 Å². The zero-order chi connectivity index (χ0) is 15.2.